The summed E-state index contributed by atoms with van der Waals surface area (Å²) >= 11 is 0. The number of carboxylic acid groups (broad SMARTS) is 1. The molecular formula is C17H23BFNO4. The molecule has 2 aliphatic rings. The van der Waals surface area contributed by atoms with Gasteiger partial charge in [0.05, 0.1) is 11.2 Å². The molecule has 3 rings (SSSR count). The van der Waals surface area contributed by atoms with E-state index in [0.717, 1.165) is 16.7 Å². The van der Waals surface area contributed by atoms with Crippen LogP contribution in [0, 0.1) is 12.7 Å². The van der Waals surface area contributed by atoms with Gasteiger partial charge in [-0.1, -0.05) is 0 Å². The van der Waals surface area contributed by atoms with E-state index in [9.17, 15) is 14.3 Å². The van der Waals surface area contributed by atoms with Gasteiger partial charge in [0.15, 0.2) is 0 Å². The number of hydrogen-bond acceptors (Lipinski definition) is 3. The Morgan fingerprint density at radius 1 is 1.29 bits per heavy atom. The second-order valence-corrected chi connectivity index (χ2v) is 7.58. The first kappa shape index (κ1) is 17.2. The molecule has 0 spiro atoms. The Morgan fingerprint density at radius 3 is 2.42 bits per heavy atom. The zero-order valence-corrected chi connectivity index (χ0v) is 14.8. The Morgan fingerprint density at radius 2 is 1.88 bits per heavy atom. The van der Waals surface area contributed by atoms with Crippen LogP contribution in [0.3, 0.4) is 0 Å². The number of halogens is 1. The monoisotopic (exact) mass is 335 g/mol. The number of rotatable bonds is 1. The molecule has 7 heteroatoms. The van der Waals surface area contributed by atoms with Crippen molar-refractivity contribution in [3.8, 4) is 0 Å². The summed E-state index contributed by atoms with van der Waals surface area (Å²) in [5.74, 6) is -0.353. The summed E-state index contributed by atoms with van der Waals surface area (Å²) < 4.78 is 26.7. The molecule has 2 heterocycles. The lowest BCUT2D eigenvalue weighted by Crippen LogP contribution is -2.42. The van der Waals surface area contributed by atoms with Crippen LogP contribution >= 0.6 is 0 Å². The van der Waals surface area contributed by atoms with E-state index in [1.165, 1.54) is 11.0 Å². The third-order valence-electron chi connectivity index (χ3n) is 5.56. The molecule has 1 N–H and O–H groups in total. The van der Waals surface area contributed by atoms with Crippen LogP contribution in [0.25, 0.3) is 0 Å². The van der Waals surface area contributed by atoms with E-state index >= 15 is 0 Å². The molecule has 1 amide bonds. The first-order valence-electron chi connectivity index (χ1n) is 8.18. The Hall–Kier alpha value is -1.60. The molecule has 5 nitrogen and oxygen atoms in total. The third kappa shape index (κ3) is 2.60. The van der Waals surface area contributed by atoms with Gasteiger partial charge in [0, 0.05) is 18.6 Å². The Labute approximate surface area is 141 Å². The first-order chi connectivity index (χ1) is 11.0. The number of benzene rings is 1. The zero-order valence-electron chi connectivity index (χ0n) is 14.8. The fourth-order valence-corrected chi connectivity index (χ4v) is 3.28. The molecule has 1 fully saturated rings. The minimum atomic E-state index is -0.957. The lowest BCUT2D eigenvalue weighted by molar-refractivity contribution is 0.00578. The van der Waals surface area contributed by atoms with Crippen LogP contribution in [0.5, 0.6) is 0 Å². The number of fused-ring (bicyclic) bond motifs is 1. The van der Waals surface area contributed by atoms with Gasteiger partial charge < -0.3 is 19.3 Å². The van der Waals surface area contributed by atoms with E-state index in [0.29, 0.717) is 18.4 Å². The maximum Gasteiger partial charge on any atom is 0.498 e. The predicted molar refractivity (Wildman–Crippen MR) is 89.0 cm³/mol. The van der Waals surface area contributed by atoms with Crippen LogP contribution in [-0.2, 0) is 22.3 Å². The highest BCUT2D eigenvalue weighted by Crippen LogP contribution is 2.37. The van der Waals surface area contributed by atoms with Crippen LogP contribution in [0.15, 0.2) is 6.07 Å². The molecule has 1 aromatic carbocycles. The predicted octanol–water partition coefficient (Wildman–Crippen LogP) is 2.47. The van der Waals surface area contributed by atoms with Gasteiger partial charge in [-0.15, -0.1) is 0 Å². The Kier molecular flexibility index (Phi) is 3.92. The third-order valence-corrected chi connectivity index (χ3v) is 5.56. The normalized spacial score (nSPS) is 21.8. The highest BCUT2D eigenvalue weighted by molar-refractivity contribution is 6.62. The number of carbonyl (C=O) groups is 1. The summed E-state index contributed by atoms with van der Waals surface area (Å²) in [5.41, 5.74) is 1.70. The van der Waals surface area contributed by atoms with Gasteiger partial charge in [-0.25, -0.2) is 9.18 Å². The topological polar surface area (TPSA) is 59.0 Å². The van der Waals surface area contributed by atoms with Crippen molar-refractivity contribution in [3.63, 3.8) is 0 Å². The van der Waals surface area contributed by atoms with Crippen molar-refractivity contribution < 1.29 is 23.6 Å². The lowest BCUT2D eigenvalue weighted by Gasteiger charge is -2.32. The molecular weight excluding hydrogens is 312 g/mol. The van der Waals surface area contributed by atoms with Crippen LogP contribution in [-0.4, -0.2) is 41.0 Å². The summed E-state index contributed by atoms with van der Waals surface area (Å²) in [4.78, 5) is 12.6. The SMILES string of the molecule is Cc1c2c(cc(F)c1B1OC(C)(C)C(C)(C)O1)CCN(C(=O)O)C2. The average Bonchev–Trinajstić information content (AvgIpc) is 2.66. The Balaban J connectivity index is 2.02. The van der Waals surface area contributed by atoms with Gasteiger partial charge in [-0.2, -0.15) is 0 Å². The molecule has 0 atom stereocenters. The maximum absolute atomic E-state index is 14.8. The van der Waals surface area contributed by atoms with E-state index in [4.69, 9.17) is 9.31 Å². The van der Waals surface area contributed by atoms with E-state index in [-0.39, 0.29) is 12.4 Å². The van der Waals surface area contributed by atoms with Gasteiger partial charge in [-0.3, -0.25) is 0 Å². The van der Waals surface area contributed by atoms with E-state index in [2.05, 4.69) is 0 Å². The standard InChI is InChI=1S/C17H23BFNO4/c1-10-12-9-20(15(21)22)7-6-11(12)8-13(19)14(10)18-23-16(2,3)17(4,5)24-18/h8H,6-7,9H2,1-5H3,(H,21,22). The number of amides is 1. The highest BCUT2D eigenvalue weighted by Gasteiger charge is 2.53. The van der Waals surface area contributed by atoms with Crippen molar-refractivity contribution in [3.05, 3.63) is 28.6 Å². The minimum Gasteiger partial charge on any atom is -0.465 e. The molecule has 0 saturated carbocycles. The molecule has 0 bridgehead atoms. The summed E-state index contributed by atoms with van der Waals surface area (Å²) in [6, 6.07) is 1.50. The Bertz CT molecular complexity index is 688. The molecule has 1 aromatic rings. The second kappa shape index (κ2) is 5.46. The van der Waals surface area contributed by atoms with Crippen LogP contribution in [0.2, 0.25) is 0 Å². The lowest BCUT2D eigenvalue weighted by atomic mass is 9.73. The summed E-state index contributed by atoms with van der Waals surface area (Å²) in [6.45, 7) is 10.2. The van der Waals surface area contributed by atoms with Crippen molar-refractivity contribution in [1.82, 2.24) is 4.90 Å². The van der Waals surface area contributed by atoms with Crippen molar-refractivity contribution >= 4 is 18.7 Å². The first-order valence-corrected chi connectivity index (χ1v) is 8.18. The van der Waals surface area contributed by atoms with Crippen molar-refractivity contribution in [2.45, 2.75) is 58.8 Å². The fraction of sp³-hybridized carbons (Fsp3) is 0.588. The molecule has 2 aliphatic heterocycles. The van der Waals surface area contributed by atoms with Crippen molar-refractivity contribution in [1.29, 1.82) is 0 Å². The van der Waals surface area contributed by atoms with Gasteiger partial charge in [0.2, 0.25) is 0 Å². The smallest absolute Gasteiger partial charge is 0.465 e. The number of hydrogen-bond donors (Lipinski definition) is 1. The van der Waals surface area contributed by atoms with Crippen LogP contribution < -0.4 is 5.46 Å². The van der Waals surface area contributed by atoms with E-state index in [1.54, 1.807) is 0 Å². The molecule has 0 radical (unpaired) electrons. The quantitative estimate of drug-likeness (QED) is 0.801. The van der Waals surface area contributed by atoms with Gasteiger partial charge in [-0.05, 0) is 63.8 Å². The van der Waals surface area contributed by atoms with Crippen LogP contribution in [0.4, 0.5) is 9.18 Å². The van der Waals surface area contributed by atoms with Gasteiger partial charge in [0.25, 0.3) is 0 Å². The second-order valence-electron chi connectivity index (χ2n) is 7.58. The number of nitrogens with zero attached hydrogens (tertiary/aromatic N) is 1. The fourth-order valence-electron chi connectivity index (χ4n) is 3.28. The van der Waals surface area contributed by atoms with E-state index < -0.39 is 24.4 Å². The molecule has 0 aromatic heterocycles. The van der Waals surface area contributed by atoms with E-state index in [1.807, 2.05) is 34.6 Å². The van der Waals surface area contributed by atoms with Crippen LogP contribution in [0.1, 0.15) is 44.4 Å². The highest BCUT2D eigenvalue weighted by atomic mass is 19.1. The largest absolute Gasteiger partial charge is 0.498 e. The van der Waals surface area contributed by atoms with Gasteiger partial charge in [0.1, 0.15) is 5.82 Å². The average molecular weight is 335 g/mol. The minimum absolute atomic E-state index is 0.267. The molecule has 130 valence electrons. The molecule has 1 saturated heterocycles. The molecule has 0 aliphatic carbocycles. The summed E-state index contributed by atoms with van der Waals surface area (Å²) in [7, 11) is -0.791. The molecule has 0 unspecified atom stereocenters. The molecule has 24 heavy (non-hydrogen) atoms. The zero-order chi connectivity index (χ0) is 17.9. The van der Waals surface area contributed by atoms with Gasteiger partial charge >= 0.3 is 13.2 Å². The summed E-state index contributed by atoms with van der Waals surface area (Å²) in [5, 5.41) is 9.23. The summed E-state index contributed by atoms with van der Waals surface area (Å²) in [6.07, 6.45) is -0.440. The van der Waals surface area contributed by atoms with Crippen molar-refractivity contribution in [2.75, 3.05) is 6.54 Å². The van der Waals surface area contributed by atoms with Crippen molar-refractivity contribution in [2.24, 2.45) is 0 Å². The maximum atomic E-state index is 14.8.